The molecular weight excluding hydrogens is 328 g/mol. The van der Waals surface area contributed by atoms with Crippen molar-refractivity contribution in [3.8, 4) is 23.7 Å². The van der Waals surface area contributed by atoms with E-state index in [1.165, 1.54) is 0 Å². The predicted octanol–water partition coefficient (Wildman–Crippen LogP) is 4.80. The summed E-state index contributed by atoms with van der Waals surface area (Å²) in [7, 11) is 0. The minimum absolute atomic E-state index is 0.164. The molecular formula is C22H34O4. The molecule has 26 heavy (non-hydrogen) atoms. The zero-order valence-electron chi connectivity index (χ0n) is 16.9. The molecule has 4 nitrogen and oxygen atoms in total. The van der Waals surface area contributed by atoms with E-state index in [-0.39, 0.29) is 24.1 Å². The summed E-state index contributed by atoms with van der Waals surface area (Å²) in [6, 6.07) is 0. The first-order valence-electron chi connectivity index (χ1n) is 9.80. The smallest absolute Gasteiger partial charge is 0.307 e. The molecule has 0 aliphatic heterocycles. The maximum atomic E-state index is 11.7. The van der Waals surface area contributed by atoms with E-state index in [1.807, 2.05) is 13.8 Å². The maximum Gasteiger partial charge on any atom is 0.307 e. The Balaban J connectivity index is 3.63. The number of hydrogen-bond acceptors (Lipinski definition) is 4. The Bertz CT molecular complexity index is 468. The lowest BCUT2D eigenvalue weighted by atomic mass is 10.1. The molecule has 0 N–H and O–H groups in total. The molecule has 0 radical (unpaired) electrons. The monoisotopic (exact) mass is 362 g/mol. The molecule has 0 aliphatic carbocycles. The molecule has 146 valence electrons. The van der Waals surface area contributed by atoms with E-state index in [4.69, 9.17) is 9.47 Å². The van der Waals surface area contributed by atoms with Crippen LogP contribution in [0, 0.1) is 23.7 Å². The highest BCUT2D eigenvalue weighted by atomic mass is 16.5. The average Bonchev–Trinajstić information content (AvgIpc) is 2.63. The molecule has 0 aromatic heterocycles. The summed E-state index contributed by atoms with van der Waals surface area (Å²) >= 11 is 0. The SMILES string of the molecule is CC#CC(CC)OC(=O)CCCCCCCCC(=O)OC(C#CC)CC. The van der Waals surface area contributed by atoms with Gasteiger partial charge in [0.15, 0.2) is 12.2 Å². The highest BCUT2D eigenvalue weighted by molar-refractivity contribution is 5.70. The van der Waals surface area contributed by atoms with Gasteiger partial charge >= 0.3 is 11.9 Å². The Morgan fingerprint density at radius 1 is 0.692 bits per heavy atom. The van der Waals surface area contributed by atoms with Crippen LogP contribution < -0.4 is 0 Å². The number of carbonyl (C=O) groups excluding carboxylic acids is 2. The number of unbranched alkanes of at least 4 members (excludes halogenated alkanes) is 5. The number of ether oxygens (including phenoxy) is 2. The molecule has 0 aromatic carbocycles. The fourth-order valence-corrected chi connectivity index (χ4v) is 2.43. The lowest BCUT2D eigenvalue weighted by Crippen LogP contribution is -2.15. The van der Waals surface area contributed by atoms with Crippen molar-refractivity contribution in [2.45, 2.75) is 104 Å². The Kier molecular flexibility index (Phi) is 15.3. The van der Waals surface area contributed by atoms with Gasteiger partial charge in [-0.05, 0) is 39.5 Å². The van der Waals surface area contributed by atoms with Crippen LogP contribution in [0.3, 0.4) is 0 Å². The van der Waals surface area contributed by atoms with Gasteiger partial charge in [-0.2, -0.15) is 0 Å². The summed E-state index contributed by atoms with van der Waals surface area (Å²) in [5.74, 6) is 11.0. The first kappa shape index (κ1) is 24.1. The molecule has 0 heterocycles. The van der Waals surface area contributed by atoms with Crippen molar-refractivity contribution in [2.75, 3.05) is 0 Å². The van der Waals surface area contributed by atoms with Crippen LogP contribution >= 0.6 is 0 Å². The van der Waals surface area contributed by atoms with E-state index in [2.05, 4.69) is 23.7 Å². The Morgan fingerprint density at radius 3 is 1.35 bits per heavy atom. The van der Waals surface area contributed by atoms with Crippen LogP contribution in [0.5, 0.6) is 0 Å². The third kappa shape index (κ3) is 13.4. The van der Waals surface area contributed by atoms with Gasteiger partial charge < -0.3 is 9.47 Å². The third-order valence-corrected chi connectivity index (χ3v) is 3.91. The van der Waals surface area contributed by atoms with Crippen LogP contribution in [-0.2, 0) is 19.1 Å². The lowest BCUT2D eigenvalue weighted by molar-refractivity contribution is -0.147. The standard InChI is InChI=1S/C22H34O4/c1-5-15-19(7-3)25-21(23)17-13-11-9-10-12-14-18-22(24)26-20(8-4)16-6-2/h19-20H,7-14,17-18H2,1-4H3. The zero-order chi connectivity index (χ0) is 19.6. The molecule has 0 saturated heterocycles. The van der Waals surface area contributed by atoms with Crippen LogP contribution in [0.4, 0.5) is 0 Å². The van der Waals surface area contributed by atoms with Gasteiger partial charge in [-0.25, -0.2) is 0 Å². The van der Waals surface area contributed by atoms with Gasteiger partial charge in [-0.3, -0.25) is 9.59 Å². The van der Waals surface area contributed by atoms with Crippen molar-refractivity contribution < 1.29 is 19.1 Å². The number of carbonyl (C=O) groups is 2. The van der Waals surface area contributed by atoms with Crippen LogP contribution in [-0.4, -0.2) is 24.1 Å². The van der Waals surface area contributed by atoms with Crippen molar-refractivity contribution in [3.05, 3.63) is 0 Å². The minimum Gasteiger partial charge on any atom is -0.449 e. The Labute approximate surface area is 159 Å². The number of hydrogen-bond donors (Lipinski definition) is 0. The quantitative estimate of drug-likeness (QED) is 0.268. The third-order valence-electron chi connectivity index (χ3n) is 3.91. The van der Waals surface area contributed by atoms with Crippen molar-refractivity contribution in [3.63, 3.8) is 0 Å². The van der Waals surface area contributed by atoms with Gasteiger partial charge in [0.25, 0.3) is 0 Å². The van der Waals surface area contributed by atoms with Gasteiger partial charge in [0.05, 0.1) is 0 Å². The second-order valence-electron chi connectivity index (χ2n) is 6.18. The summed E-state index contributed by atoms with van der Waals surface area (Å²) in [5.41, 5.74) is 0. The molecule has 0 aliphatic rings. The van der Waals surface area contributed by atoms with Crippen molar-refractivity contribution in [1.29, 1.82) is 0 Å². The molecule has 0 amide bonds. The fourth-order valence-electron chi connectivity index (χ4n) is 2.43. The number of esters is 2. The Morgan fingerprint density at radius 2 is 1.04 bits per heavy atom. The zero-order valence-corrected chi connectivity index (χ0v) is 16.9. The Hall–Kier alpha value is -1.94. The van der Waals surface area contributed by atoms with Crippen molar-refractivity contribution >= 4 is 11.9 Å². The van der Waals surface area contributed by atoms with Gasteiger partial charge in [-0.1, -0.05) is 51.4 Å². The topological polar surface area (TPSA) is 52.6 Å². The second-order valence-corrected chi connectivity index (χ2v) is 6.18. The van der Waals surface area contributed by atoms with E-state index in [0.29, 0.717) is 12.8 Å². The van der Waals surface area contributed by atoms with E-state index >= 15 is 0 Å². The summed E-state index contributed by atoms with van der Waals surface area (Å²) in [4.78, 5) is 23.4. The lowest BCUT2D eigenvalue weighted by Gasteiger charge is -2.10. The molecule has 4 heteroatoms. The highest BCUT2D eigenvalue weighted by Crippen LogP contribution is 2.11. The van der Waals surface area contributed by atoms with Crippen LogP contribution in [0.25, 0.3) is 0 Å². The van der Waals surface area contributed by atoms with E-state index < -0.39 is 0 Å². The molecule has 0 bridgehead atoms. The van der Waals surface area contributed by atoms with E-state index in [9.17, 15) is 9.59 Å². The normalized spacial score (nSPS) is 12.0. The largest absolute Gasteiger partial charge is 0.449 e. The number of rotatable bonds is 13. The molecule has 2 atom stereocenters. The van der Waals surface area contributed by atoms with E-state index in [1.54, 1.807) is 13.8 Å². The predicted molar refractivity (Wildman–Crippen MR) is 104 cm³/mol. The van der Waals surface area contributed by atoms with Crippen LogP contribution in [0.2, 0.25) is 0 Å². The maximum absolute atomic E-state index is 11.7. The van der Waals surface area contributed by atoms with Gasteiger partial charge in [0, 0.05) is 12.8 Å². The van der Waals surface area contributed by atoms with Crippen molar-refractivity contribution in [1.82, 2.24) is 0 Å². The van der Waals surface area contributed by atoms with Gasteiger partial charge in [0.2, 0.25) is 0 Å². The minimum atomic E-state index is -0.275. The summed E-state index contributed by atoms with van der Waals surface area (Å²) in [6.07, 6.45) is 7.59. The summed E-state index contributed by atoms with van der Waals surface area (Å²) in [6.45, 7) is 7.41. The van der Waals surface area contributed by atoms with Crippen molar-refractivity contribution in [2.24, 2.45) is 0 Å². The van der Waals surface area contributed by atoms with E-state index in [0.717, 1.165) is 51.4 Å². The first-order valence-corrected chi connectivity index (χ1v) is 9.80. The molecule has 0 fully saturated rings. The summed E-state index contributed by atoms with van der Waals surface area (Å²) in [5, 5.41) is 0. The molecule has 0 rings (SSSR count). The molecule has 0 aromatic rings. The summed E-state index contributed by atoms with van der Waals surface area (Å²) < 4.78 is 10.6. The molecule has 0 saturated carbocycles. The average molecular weight is 363 g/mol. The fraction of sp³-hybridized carbons (Fsp3) is 0.727. The van der Waals surface area contributed by atoms with Gasteiger partial charge in [0.1, 0.15) is 0 Å². The highest BCUT2D eigenvalue weighted by Gasteiger charge is 2.10. The van der Waals surface area contributed by atoms with Gasteiger partial charge in [-0.15, -0.1) is 11.8 Å². The second kappa shape index (κ2) is 16.5. The first-order chi connectivity index (χ1) is 12.6. The van der Waals surface area contributed by atoms with Crippen LogP contribution in [0.1, 0.15) is 91.9 Å². The molecule has 0 spiro atoms. The van der Waals surface area contributed by atoms with Crippen LogP contribution in [0.15, 0.2) is 0 Å². The molecule has 2 unspecified atom stereocenters.